The first kappa shape index (κ1) is 28.2. The van der Waals surface area contributed by atoms with E-state index < -0.39 is 66.2 Å². The van der Waals surface area contributed by atoms with Gasteiger partial charge in [-0.25, -0.2) is 13.2 Å². The van der Waals surface area contributed by atoms with Gasteiger partial charge >= 0.3 is 12.4 Å². The molecule has 2 rings (SSSR count). The van der Waals surface area contributed by atoms with E-state index in [-0.39, 0.29) is 27.7 Å². The summed E-state index contributed by atoms with van der Waals surface area (Å²) in [5.74, 6) is -9.92. The van der Waals surface area contributed by atoms with Crippen molar-refractivity contribution in [2.75, 3.05) is 13.1 Å². The number of alkyl halides is 6. The summed E-state index contributed by atoms with van der Waals surface area (Å²) < 4.78 is 117. The molecule has 2 amide bonds. The second kappa shape index (κ2) is 11.1. The van der Waals surface area contributed by atoms with E-state index in [1.165, 1.54) is 12.1 Å². The molecule has 0 radical (unpaired) electrons. The monoisotopic (exact) mass is 576 g/mol. The SMILES string of the molecule is O=C(CNC(=O)c1ccc(/C=C/C(c2cc(F)c(F)c(F)c2)C(F)(F)F)cc1Br)NCC(F)(F)F. The maximum atomic E-state index is 13.4. The number of rotatable bonds is 7. The largest absolute Gasteiger partial charge is 0.405 e. The maximum absolute atomic E-state index is 13.4. The van der Waals surface area contributed by atoms with Gasteiger partial charge in [-0.2, -0.15) is 26.3 Å². The van der Waals surface area contributed by atoms with Crippen LogP contribution in [0.5, 0.6) is 0 Å². The van der Waals surface area contributed by atoms with Crippen LogP contribution >= 0.6 is 15.9 Å². The zero-order valence-electron chi connectivity index (χ0n) is 17.1. The minimum Gasteiger partial charge on any atom is -0.345 e. The van der Waals surface area contributed by atoms with Gasteiger partial charge in [-0.15, -0.1) is 0 Å². The Morgan fingerprint density at radius 2 is 1.54 bits per heavy atom. The third kappa shape index (κ3) is 8.30. The van der Waals surface area contributed by atoms with Crippen LogP contribution in [0.4, 0.5) is 39.5 Å². The van der Waals surface area contributed by atoms with Crippen LogP contribution in [-0.2, 0) is 4.79 Å². The minimum atomic E-state index is -4.98. The highest BCUT2D eigenvalue weighted by Crippen LogP contribution is 2.37. The Morgan fingerprint density at radius 1 is 0.943 bits per heavy atom. The van der Waals surface area contributed by atoms with Gasteiger partial charge < -0.3 is 10.6 Å². The summed E-state index contributed by atoms with van der Waals surface area (Å²) >= 11 is 3.02. The van der Waals surface area contributed by atoms with Crippen molar-refractivity contribution in [3.05, 3.63) is 75.0 Å². The van der Waals surface area contributed by atoms with Gasteiger partial charge in [0.15, 0.2) is 17.5 Å². The van der Waals surface area contributed by atoms with Crippen LogP contribution in [0, 0.1) is 17.5 Å². The summed E-state index contributed by atoms with van der Waals surface area (Å²) in [4.78, 5) is 23.5. The molecule has 190 valence electrons. The Bertz CT molecular complexity index is 1110. The number of benzene rings is 2. The van der Waals surface area contributed by atoms with Crippen molar-refractivity contribution in [1.82, 2.24) is 10.6 Å². The summed E-state index contributed by atoms with van der Waals surface area (Å²) in [6.45, 7) is -2.34. The molecule has 0 aliphatic heterocycles. The Kier molecular flexibility index (Phi) is 8.98. The molecular weight excluding hydrogens is 563 g/mol. The van der Waals surface area contributed by atoms with Crippen LogP contribution in [0.2, 0.25) is 0 Å². The van der Waals surface area contributed by atoms with Gasteiger partial charge in [0.2, 0.25) is 5.91 Å². The average Bonchev–Trinajstić information content (AvgIpc) is 2.73. The normalized spacial score (nSPS) is 13.1. The van der Waals surface area contributed by atoms with Crippen LogP contribution in [0.25, 0.3) is 6.08 Å². The fourth-order valence-corrected chi connectivity index (χ4v) is 3.28. The van der Waals surface area contributed by atoms with Gasteiger partial charge in [0, 0.05) is 4.47 Å². The van der Waals surface area contributed by atoms with Crippen molar-refractivity contribution in [3.8, 4) is 0 Å². The third-order valence-electron chi connectivity index (χ3n) is 4.33. The summed E-state index contributed by atoms with van der Waals surface area (Å²) in [6.07, 6.45) is -8.07. The van der Waals surface area contributed by atoms with E-state index in [0.717, 1.165) is 12.1 Å². The second-order valence-electron chi connectivity index (χ2n) is 6.99. The molecule has 2 N–H and O–H groups in total. The lowest BCUT2D eigenvalue weighted by Crippen LogP contribution is -2.40. The average molecular weight is 577 g/mol. The lowest BCUT2D eigenvalue weighted by molar-refractivity contribution is -0.139. The molecule has 1 unspecified atom stereocenters. The van der Waals surface area contributed by atoms with Crippen molar-refractivity contribution in [2.45, 2.75) is 18.3 Å². The van der Waals surface area contributed by atoms with E-state index >= 15 is 0 Å². The summed E-state index contributed by atoms with van der Waals surface area (Å²) in [7, 11) is 0. The quantitative estimate of drug-likeness (QED) is 0.331. The van der Waals surface area contributed by atoms with Crippen molar-refractivity contribution < 1.29 is 49.1 Å². The number of halogens is 10. The topological polar surface area (TPSA) is 58.2 Å². The maximum Gasteiger partial charge on any atom is 0.405 e. The fourth-order valence-electron chi connectivity index (χ4n) is 2.71. The van der Waals surface area contributed by atoms with Gasteiger partial charge in [-0.05, 0) is 51.3 Å². The molecule has 0 heterocycles. The Labute approximate surface area is 200 Å². The van der Waals surface area contributed by atoms with E-state index in [4.69, 9.17) is 0 Å². The van der Waals surface area contributed by atoms with E-state index in [1.807, 2.05) is 0 Å². The molecule has 2 aromatic carbocycles. The zero-order valence-corrected chi connectivity index (χ0v) is 18.7. The second-order valence-corrected chi connectivity index (χ2v) is 7.85. The number of carbonyl (C=O) groups excluding carboxylic acids is 2. The number of nitrogens with one attached hydrogen (secondary N) is 2. The number of hydrogen-bond donors (Lipinski definition) is 2. The third-order valence-corrected chi connectivity index (χ3v) is 4.99. The van der Waals surface area contributed by atoms with Gasteiger partial charge in [0.1, 0.15) is 6.54 Å². The van der Waals surface area contributed by atoms with Crippen LogP contribution in [0.3, 0.4) is 0 Å². The van der Waals surface area contributed by atoms with Crippen molar-refractivity contribution >= 4 is 33.8 Å². The standard InChI is InChI=1S/C21H14BrF9N2O2/c22-14-5-10(1-3-12(14)19(35)32-8-17(34)33-9-20(26,27)28)2-4-13(21(29,30)31)11-6-15(23)18(25)16(24)7-11/h1-7,13H,8-9H2,(H,32,35)(H,33,34)/b4-2+. The molecule has 0 spiro atoms. The highest BCUT2D eigenvalue weighted by molar-refractivity contribution is 9.10. The highest BCUT2D eigenvalue weighted by Gasteiger charge is 2.39. The Hall–Kier alpha value is -3.03. The molecule has 0 aliphatic rings. The van der Waals surface area contributed by atoms with Gasteiger partial charge in [-0.1, -0.05) is 18.2 Å². The molecule has 0 bridgehead atoms. The van der Waals surface area contributed by atoms with Gasteiger partial charge in [-0.3, -0.25) is 9.59 Å². The smallest absolute Gasteiger partial charge is 0.345 e. The molecule has 14 heteroatoms. The minimum absolute atomic E-state index is 0.0651. The molecule has 0 aromatic heterocycles. The molecule has 2 aromatic rings. The van der Waals surface area contributed by atoms with Crippen molar-refractivity contribution in [3.63, 3.8) is 0 Å². The van der Waals surface area contributed by atoms with E-state index in [9.17, 15) is 49.1 Å². The fraction of sp³-hybridized carbons (Fsp3) is 0.238. The highest BCUT2D eigenvalue weighted by atomic mass is 79.9. The number of amides is 2. The summed E-state index contributed by atoms with van der Waals surface area (Å²) in [6, 6.07) is 4.05. The predicted molar refractivity (Wildman–Crippen MR) is 110 cm³/mol. The summed E-state index contributed by atoms with van der Waals surface area (Å²) in [5.41, 5.74) is -0.835. The molecular formula is C21H14BrF9N2O2. The zero-order chi connectivity index (χ0) is 26.6. The van der Waals surface area contributed by atoms with Crippen LogP contribution in [-0.4, -0.2) is 37.3 Å². The van der Waals surface area contributed by atoms with Gasteiger partial charge in [0.05, 0.1) is 18.0 Å². The van der Waals surface area contributed by atoms with Gasteiger partial charge in [0.25, 0.3) is 5.91 Å². The first-order valence-corrected chi connectivity index (χ1v) is 10.2. The molecule has 0 fully saturated rings. The molecule has 0 saturated carbocycles. The molecule has 0 saturated heterocycles. The lowest BCUT2D eigenvalue weighted by atomic mass is 9.96. The first-order chi connectivity index (χ1) is 16.1. The first-order valence-electron chi connectivity index (χ1n) is 9.39. The Balaban J connectivity index is 2.15. The number of carbonyl (C=O) groups is 2. The molecule has 1 atom stereocenters. The van der Waals surface area contributed by atoms with E-state index in [1.54, 1.807) is 5.32 Å². The van der Waals surface area contributed by atoms with E-state index in [0.29, 0.717) is 6.08 Å². The van der Waals surface area contributed by atoms with Crippen LogP contribution in [0.1, 0.15) is 27.4 Å². The Morgan fingerprint density at radius 3 is 2.06 bits per heavy atom. The van der Waals surface area contributed by atoms with Crippen LogP contribution in [0.15, 0.2) is 40.9 Å². The predicted octanol–water partition coefficient (Wildman–Crippen LogP) is 5.63. The molecule has 35 heavy (non-hydrogen) atoms. The lowest BCUT2D eigenvalue weighted by Gasteiger charge is -2.18. The van der Waals surface area contributed by atoms with Crippen molar-refractivity contribution in [2.24, 2.45) is 0 Å². The number of hydrogen-bond acceptors (Lipinski definition) is 2. The molecule has 0 aliphatic carbocycles. The van der Waals surface area contributed by atoms with Crippen LogP contribution < -0.4 is 10.6 Å². The van der Waals surface area contributed by atoms with Crippen molar-refractivity contribution in [1.29, 1.82) is 0 Å². The van der Waals surface area contributed by atoms with E-state index in [2.05, 4.69) is 21.2 Å². The summed E-state index contributed by atoms with van der Waals surface area (Å²) in [5, 5.41) is 3.64. The number of allylic oxidation sites excluding steroid dienone is 1. The molecule has 4 nitrogen and oxygen atoms in total.